The highest BCUT2D eigenvalue weighted by Crippen LogP contribution is 2.25. The van der Waals surface area contributed by atoms with Crippen molar-refractivity contribution in [3.63, 3.8) is 0 Å². The van der Waals surface area contributed by atoms with E-state index in [0.717, 1.165) is 23.4 Å². The fraction of sp³-hybridized carbons (Fsp3) is 0.125. The Balaban J connectivity index is 0.00000161. The van der Waals surface area contributed by atoms with Gasteiger partial charge >= 0.3 is 0 Å². The second-order valence-electron chi connectivity index (χ2n) is 4.64. The van der Waals surface area contributed by atoms with Crippen molar-refractivity contribution in [1.29, 1.82) is 0 Å². The Morgan fingerprint density at radius 1 is 1.05 bits per heavy atom. The maximum Gasteiger partial charge on any atom is 0.220 e. The Morgan fingerprint density at radius 3 is 2.48 bits per heavy atom. The van der Waals surface area contributed by atoms with Crippen LogP contribution in [0.1, 0.15) is 16.8 Å². The number of anilines is 1. The lowest BCUT2D eigenvalue weighted by Crippen LogP contribution is -2.05. The number of nitrogens with two attached hydrogens (primary N) is 1. The molecule has 0 unspecified atom stereocenters. The average molecular weight is 282 g/mol. The molecule has 21 heavy (non-hydrogen) atoms. The topological polar surface area (TPSA) is 99.9 Å². The summed E-state index contributed by atoms with van der Waals surface area (Å²) in [5, 5.41) is 0. The molecule has 0 radical (unpaired) electrons. The molecule has 0 spiro atoms. The summed E-state index contributed by atoms with van der Waals surface area (Å²) in [4.78, 5) is 8.65. The van der Waals surface area contributed by atoms with Crippen molar-refractivity contribution in [2.45, 2.75) is 13.3 Å². The van der Waals surface area contributed by atoms with Crippen molar-refractivity contribution in [1.82, 2.24) is 16.1 Å². The molecule has 3 rings (SSSR count). The van der Waals surface area contributed by atoms with Crippen LogP contribution in [-0.4, -0.2) is 9.97 Å². The van der Waals surface area contributed by atoms with Crippen LogP contribution in [0.2, 0.25) is 0 Å². The molecule has 108 valence electrons. The van der Waals surface area contributed by atoms with Crippen LogP contribution >= 0.6 is 0 Å². The zero-order valence-corrected chi connectivity index (χ0v) is 11.9. The number of aromatic nitrogens is 2. The predicted molar refractivity (Wildman–Crippen MR) is 83.2 cm³/mol. The molecule has 5 nitrogen and oxygen atoms in total. The van der Waals surface area contributed by atoms with Crippen molar-refractivity contribution in [3.8, 4) is 11.5 Å². The van der Waals surface area contributed by atoms with Gasteiger partial charge in [0.1, 0.15) is 5.69 Å². The molecule has 0 atom stereocenters. The van der Waals surface area contributed by atoms with E-state index in [2.05, 4.69) is 22.1 Å². The molecular weight excluding hydrogens is 264 g/mol. The monoisotopic (exact) mass is 282 g/mol. The summed E-state index contributed by atoms with van der Waals surface area (Å²) >= 11 is 0. The Labute approximate surface area is 123 Å². The molecule has 0 aliphatic rings. The summed E-state index contributed by atoms with van der Waals surface area (Å²) in [7, 11) is 0. The fourth-order valence-electron chi connectivity index (χ4n) is 2.20. The minimum absolute atomic E-state index is 0. The van der Waals surface area contributed by atoms with E-state index in [1.807, 2.05) is 37.3 Å². The number of nitrogen functional groups attached to an aromatic ring is 1. The summed E-state index contributed by atoms with van der Waals surface area (Å²) in [5.74, 6) is 0.985. The Morgan fingerprint density at radius 2 is 1.81 bits per heavy atom. The summed E-state index contributed by atoms with van der Waals surface area (Å²) in [6.45, 7) is 2.00. The molecule has 0 aliphatic carbocycles. The van der Waals surface area contributed by atoms with Gasteiger partial charge in [0.25, 0.3) is 0 Å². The number of nitrogens with zero attached hydrogens (tertiary/aromatic N) is 2. The van der Waals surface area contributed by atoms with Crippen LogP contribution in [0.3, 0.4) is 0 Å². The second-order valence-corrected chi connectivity index (χ2v) is 4.64. The molecule has 5 N–H and O–H groups in total. The van der Waals surface area contributed by atoms with Gasteiger partial charge in [0.2, 0.25) is 5.95 Å². The molecule has 2 aromatic heterocycles. The first-order valence-corrected chi connectivity index (χ1v) is 6.45. The van der Waals surface area contributed by atoms with Crippen LogP contribution in [0.5, 0.6) is 0 Å². The zero-order valence-electron chi connectivity index (χ0n) is 11.9. The van der Waals surface area contributed by atoms with Crippen molar-refractivity contribution in [2.75, 3.05) is 5.73 Å². The van der Waals surface area contributed by atoms with Gasteiger partial charge in [-0.2, -0.15) is 0 Å². The first-order valence-electron chi connectivity index (χ1n) is 6.45. The largest absolute Gasteiger partial charge is 0.463 e. The third-order valence-electron chi connectivity index (χ3n) is 3.23. The van der Waals surface area contributed by atoms with E-state index in [-0.39, 0.29) is 12.1 Å². The standard InChI is InChI=1S/C16H15N3O.H3N/c1-11-13(10-12-6-3-2-4-7-12)18-16(17)19-15(11)14-8-5-9-20-14;/h2-9H,10H2,1H3,(H2,17,18,19);1H3. The molecule has 0 saturated carbocycles. The third-order valence-corrected chi connectivity index (χ3v) is 3.23. The number of rotatable bonds is 3. The number of benzene rings is 1. The summed E-state index contributed by atoms with van der Waals surface area (Å²) in [5.41, 5.74) is 9.70. The van der Waals surface area contributed by atoms with Gasteiger partial charge in [-0.1, -0.05) is 30.3 Å². The van der Waals surface area contributed by atoms with E-state index in [9.17, 15) is 0 Å². The van der Waals surface area contributed by atoms with E-state index in [0.29, 0.717) is 5.76 Å². The summed E-state index contributed by atoms with van der Waals surface area (Å²) in [6, 6.07) is 13.9. The first kappa shape index (κ1) is 14.7. The van der Waals surface area contributed by atoms with Crippen molar-refractivity contribution in [3.05, 3.63) is 65.5 Å². The molecule has 2 heterocycles. The Bertz CT molecular complexity index is 709. The normalized spacial score (nSPS) is 10.1. The van der Waals surface area contributed by atoms with Crippen LogP contribution in [0.4, 0.5) is 5.95 Å². The molecule has 1 aromatic carbocycles. The molecule has 3 aromatic rings. The van der Waals surface area contributed by atoms with Crippen LogP contribution in [0.25, 0.3) is 11.5 Å². The molecule has 0 amide bonds. The third kappa shape index (κ3) is 3.09. The van der Waals surface area contributed by atoms with E-state index in [4.69, 9.17) is 10.2 Å². The number of hydrogen-bond donors (Lipinski definition) is 2. The fourth-order valence-corrected chi connectivity index (χ4v) is 2.20. The van der Waals surface area contributed by atoms with Crippen LogP contribution in [0, 0.1) is 6.92 Å². The quantitative estimate of drug-likeness (QED) is 0.767. The predicted octanol–water partition coefficient (Wildman–Crippen LogP) is 3.38. The minimum Gasteiger partial charge on any atom is -0.463 e. The zero-order chi connectivity index (χ0) is 13.9. The Kier molecular flexibility index (Phi) is 4.35. The lowest BCUT2D eigenvalue weighted by molar-refractivity contribution is 0.579. The molecule has 0 saturated heterocycles. The lowest BCUT2D eigenvalue weighted by Gasteiger charge is -2.09. The van der Waals surface area contributed by atoms with Crippen molar-refractivity contribution < 1.29 is 4.42 Å². The van der Waals surface area contributed by atoms with Gasteiger partial charge in [-0.3, -0.25) is 0 Å². The van der Waals surface area contributed by atoms with Gasteiger partial charge in [0.05, 0.1) is 12.0 Å². The van der Waals surface area contributed by atoms with E-state index < -0.39 is 0 Å². The Hall–Kier alpha value is -2.66. The van der Waals surface area contributed by atoms with Gasteiger partial charge in [-0.15, -0.1) is 0 Å². The van der Waals surface area contributed by atoms with Gasteiger partial charge in [0.15, 0.2) is 5.76 Å². The van der Waals surface area contributed by atoms with Crippen LogP contribution < -0.4 is 11.9 Å². The van der Waals surface area contributed by atoms with Gasteiger partial charge < -0.3 is 16.3 Å². The SMILES string of the molecule is Cc1c(Cc2ccccc2)nc(N)nc1-c1ccco1.N. The van der Waals surface area contributed by atoms with Crippen molar-refractivity contribution in [2.24, 2.45) is 0 Å². The number of furan rings is 1. The van der Waals surface area contributed by atoms with E-state index in [1.165, 1.54) is 5.56 Å². The molecule has 0 bridgehead atoms. The van der Waals surface area contributed by atoms with Gasteiger partial charge in [-0.25, -0.2) is 9.97 Å². The van der Waals surface area contributed by atoms with Crippen LogP contribution in [-0.2, 0) is 6.42 Å². The van der Waals surface area contributed by atoms with E-state index in [1.54, 1.807) is 6.26 Å². The minimum atomic E-state index is 0. The summed E-state index contributed by atoms with van der Waals surface area (Å²) in [6.07, 6.45) is 2.36. The average Bonchev–Trinajstić information content (AvgIpc) is 2.97. The number of hydrogen-bond acceptors (Lipinski definition) is 5. The van der Waals surface area contributed by atoms with Crippen LogP contribution in [0.15, 0.2) is 53.1 Å². The van der Waals surface area contributed by atoms with E-state index >= 15 is 0 Å². The molecule has 0 aliphatic heterocycles. The van der Waals surface area contributed by atoms with Gasteiger partial charge in [-0.05, 0) is 24.6 Å². The molecular formula is C16H18N4O. The van der Waals surface area contributed by atoms with Crippen molar-refractivity contribution >= 4 is 5.95 Å². The maximum absolute atomic E-state index is 5.82. The molecule has 5 heteroatoms. The molecule has 0 fully saturated rings. The maximum atomic E-state index is 5.82. The first-order chi connectivity index (χ1) is 9.74. The highest BCUT2D eigenvalue weighted by Gasteiger charge is 2.13. The second kappa shape index (κ2) is 6.19. The summed E-state index contributed by atoms with van der Waals surface area (Å²) < 4.78 is 5.41. The highest BCUT2D eigenvalue weighted by atomic mass is 16.3. The lowest BCUT2D eigenvalue weighted by atomic mass is 10.0. The van der Waals surface area contributed by atoms with Gasteiger partial charge in [0, 0.05) is 12.0 Å². The highest BCUT2D eigenvalue weighted by molar-refractivity contribution is 5.59. The smallest absolute Gasteiger partial charge is 0.220 e.